The zero-order valence-electron chi connectivity index (χ0n) is 29.3. The maximum Gasteiger partial charge on any atom is 0.272 e. The molecule has 49 heavy (non-hydrogen) atoms. The summed E-state index contributed by atoms with van der Waals surface area (Å²) >= 11 is 0. The molecular weight excluding hydrogens is 612 g/mol. The lowest BCUT2D eigenvalue weighted by Gasteiger charge is -2.18. The Morgan fingerprint density at radius 3 is 1.33 bits per heavy atom. The summed E-state index contributed by atoms with van der Waals surface area (Å²) in [5.41, 5.74) is 8.33. The topological polar surface area (TPSA) is 102 Å². The normalized spacial score (nSPS) is 11.4. The molecule has 10 nitrogen and oxygen atoms in total. The van der Waals surface area contributed by atoms with Crippen LogP contribution >= 0.6 is 0 Å². The zero-order valence-corrected chi connectivity index (χ0v) is 29.3. The van der Waals surface area contributed by atoms with E-state index in [1.807, 2.05) is 52.0 Å². The second-order valence-corrected chi connectivity index (χ2v) is 12.0. The first kappa shape index (κ1) is 33.5. The van der Waals surface area contributed by atoms with Crippen molar-refractivity contribution in [3.63, 3.8) is 0 Å². The highest BCUT2D eigenvalue weighted by molar-refractivity contribution is 5.93. The zero-order chi connectivity index (χ0) is 34.7. The third kappa shape index (κ3) is 6.42. The first-order valence-corrected chi connectivity index (χ1v) is 17.3. The number of aromatic nitrogens is 6. The number of carbonyl (C=O) groups is 2. The summed E-state index contributed by atoms with van der Waals surface area (Å²) in [4.78, 5) is 49.1. The highest BCUT2D eigenvalue weighted by Crippen LogP contribution is 2.28. The van der Waals surface area contributed by atoms with Crippen molar-refractivity contribution in [3.05, 3.63) is 95.3 Å². The number of hydrogen-bond donors (Lipinski definition) is 0. The van der Waals surface area contributed by atoms with Gasteiger partial charge in [-0.3, -0.25) is 9.59 Å². The molecule has 0 unspecified atom stereocenters. The number of nitrogens with zero attached hydrogens (tertiary/aromatic N) is 8. The molecule has 2 amide bonds. The van der Waals surface area contributed by atoms with E-state index in [0.29, 0.717) is 55.4 Å². The molecule has 6 rings (SSSR count). The molecule has 0 aliphatic carbocycles. The molecule has 10 heteroatoms. The van der Waals surface area contributed by atoms with Crippen molar-refractivity contribution in [2.24, 2.45) is 0 Å². The van der Waals surface area contributed by atoms with Crippen LogP contribution in [-0.4, -0.2) is 76.9 Å². The Labute approximate surface area is 287 Å². The molecule has 6 aromatic rings. The highest BCUT2D eigenvalue weighted by Gasteiger charge is 2.20. The van der Waals surface area contributed by atoms with Gasteiger partial charge in [0.25, 0.3) is 11.8 Å². The van der Waals surface area contributed by atoms with E-state index in [0.717, 1.165) is 57.9 Å². The van der Waals surface area contributed by atoms with Crippen LogP contribution in [0.1, 0.15) is 73.6 Å². The van der Waals surface area contributed by atoms with E-state index >= 15 is 0 Å². The number of aryl methyl sites for hydroxylation is 2. The van der Waals surface area contributed by atoms with Crippen molar-refractivity contribution in [3.8, 4) is 23.0 Å². The van der Waals surface area contributed by atoms with E-state index in [9.17, 15) is 9.59 Å². The Morgan fingerprint density at radius 1 is 0.551 bits per heavy atom. The SMILES string of the molecule is CCN(CC)C(=O)c1cccc(-c2nc3cc(Cc4ccc5c(c4)nc(-c4cccc(C(=O)N(CC)CC)n4)n5CC)ccc3n2CC)n1. The van der Waals surface area contributed by atoms with Crippen molar-refractivity contribution < 1.29 is 9.59 Å². The summed E-state index contributed by atoms with van der Waals surface area (Å²) < 4.78 is 4.30. The second-order valence-electron chi connectivity index (χ2n) is 12.0. The Bertz CT molecular complexity index is 1990. The van der Waals surface area contributed by atoms with Crippen molar-refractivity contribution >= 4 is 33.9 Å². The fraction of sp³-hybridized carbons (Fsp3) is 0.333. The molecule has 0 spiro atoms. The average Bonchev–Trinajstić information content (AvgIpc) is 3.70. The minimum Gasteiger partial charge on any atom is -0.338 e. The van der Waals surface area contributed by atoms with Gasteiger partial charge in [-0.1, -0.05) is 24.3 Å². The lowest BCUT2D eigenvalue weighted by molar-refractivity contribution is 0.0759. The number of benzene rings is 2. The number of amides is 2. The van der Waals surface area contributed by atoms with Gasteiger partial charge >= 0.3 is 0 Å². The van der Waals surface area contributed by atoms with Crippen LogP contribution in [-0.2, 0) is 19.5 Å². The minimum atomic E-state index is -0.0728. The molecule has 0 saturated heterocycles. The Morgan fingerprint density at radius 2 is 0.959 bits per heavy atom. The van der Waals surface area contributed by atoms with Crippen molar-refractivity contribution in [1.29, 1.82) is 0 Å². The van der Waals surface area contributed by atoms with Gasteiger partial charge in [-0.2, -0.15) is 0 Å². The largest absolute Gasteiger partial charge is 0.338 e. The lowest BCUT2D eigenvalue weighted by atomic mass is 10.0. The lowest BCUT2D eigenvalue weighted by Crippen LogP contribution is -2.31. The van der Waals surface area contributed by atoms with Crippen molar-refractivity contribution in [2.75, 3.05) is 26.2 Å². The van der Waals surface area contributed by atoms with E-state index in [1.165, 1.54) is 0 Å². The van der Waals surface area contributed by atoms with Gasteiger partial charge in [0.1, 0.15) is 22.8 Å². The monoisotopic (exact) mass is 656 g/mol. The van der Waals surface area contributed by atoms with Crippen LogP contribution < -0.4 is 0 Å². The molecule has 252 valence electrons. The quantitative estimate of drug-likeness (QED) is 0.139. The summed E-state index contributed by atoms with van der Waals surface area (Å²) in [7, 11) is 0. The predicted octanol–water partition coefficient (Wildman–Crippen LogP) is 7.10. The maximum atomic E-state index is 13.0. The van der Waals surface area contributed by atoms with Gasteiger partial charge < -0.3 is 18.9 Å². The van der Waals surface area contributed by atoms with E-state index < -0.39 is 0 Å². The standard InChI is InChI=1S/C39H44N8O2/c1-7-44(8-2)38(48)30-17-13-15-28(40-30)36-42-32-24-26(19-21-34(32)46(36)11-5)23-27-20-22-35-33(25-27)43-37(47(35)12-6)29-16-14-18-31(41-29)39(49)45(9-3)10-4/h13-22,24-25H,7-12,23H2,1-6H3. The summed E-state index contributed by atoms with van der Waals surface area (Å²) in [5, 5.41) is 0. The Kier molecular flexibility index (Phi) is 9.85. The Hall–Kier alpha value is -5.38. The van der Waals surface area contributed by atoms with Crippen LogP contribution in [0.5, 0.6) is 0 Å². The first-order chi connectivity index (χ1) is 23.8. The van der Waals surface area contributed by atoms with Gasteiger partial charge in [-0.25, -0.2) is 19.9 Å². The third-order valence-corrected chi connectivity index (χ3v) is 9.16. The molecule has 0 saturated carbocycles. The van der Waals surface area contributed by atoms with Gasteiger partial charge in [-0.15, -0.1) is 0 Å². The number of imidazole rings is 2. The predicted molar refractivity (Wildman–Crippen MR) is 195 cm³/mol. The molecule has 4 aromatic heterocycles. The van der Waals surface area contributed by atoms with Crippen LogP contribution in [0.15, 0.2) is 72.8 Å². The molecule has 0 aliphatic rings. The minimum absolute atomic E-state index is 0.0728. The fourth-order valence-corrected chi connectivity index (χ4v) is 6.54. The molecule has 0 aliphatic heterocycles. The van der Waals surface area contributed by atoms with Gasteiger partial charge in [-0.05, 0) is 108 Å². The van der Waals surface area contributed by atoms with E-state index in [4.69, 9.17) is 19.9 Å². The number of fused-ring (bicyclic) bond motifs is 2. The second kappa shape index (κ2) is 14.4. The maximum absolute atomic E-state index is 13.0. The summed E-state index contributed by atoms with van der Waals surface area (Å²) in [5.74, 6) is 1.35. The highest BCUT2D eigenvalue weighted by atomic mass is 16.2. The third-order valence-electron chi connectivity index (χ3n) is 9.16. The molecule has 0 N–H and O–H groups in total. The van der Waals surface area contributed by atoms with Gasteiger partial charge in [0.15, 0.2) is 11.6 Å². The number of carbonyl (C=O) groups excluding carboxylic acids is 2. The van der Waals surface area contributed by atoms with Crippen LogP contribution in [0.25, 0.3) is 45.1 Å². The van der Waals surface area contributed by atoms with Crippen LogP contribution in [0.3, 0.4) is 0 Å². The van der Waals surface area contributed by atoms with Crippen molar-refractivity contribution in [1.82, 2.24) is 38.9 Å². The fourth-order valence-electron chi connectivity index (χ4n) is 6.54. The smallest absolute Gasteiger partial charge is 0.272 e. The molecule has 4 heterocycles. The van der Waals surface area contributed by atoms with Crippen LogP contribution in [0.4, 0.5) is 0 Å². The summed E-state index contributed by atoms with van der Waals surface area (Å²) in [6.07, 6.45) is 0.715. The number of rotatable bonds is 12. The van der Waals surface area contributed by atoms with E-state index in [-0.39, 0.29) is 11.8 Å². The summed E-state index contributed by atoms with van der Waals surface area (Å²) in [6.45, 7) is 16.1. The Balaban J connectivity index is 1.30. The average molecular weight is 657 g/mol. The van der Waals surface area contributed by atoms with Gasteiger partial charge in [0, 0.05) is 39.3 Å². The van der Waals surface area contributed by atoms with Gasteiger partial charge in [0.2, 0.25) is 0 Å². The number of hydrogen-bond acceptors (Lipinski definition) is 6. The van der Waals surface area contributed by atoms with Crippen LogP contribution in [0.2, 0.25) is 0 Å². The van der Waals surface area contributed by atoms with E-state index in [2.05, 4.69) is 59.4 Å². The molecule has 2 aromatic carbocycles. The number of pyridine rings is 2. The van der Waals surface area contributed by atoms with Crippen LogP contribution in [0, 0.1) is 0 Å². The molecule has 0 bridgehead atoms. The van der Waals surface area contributed by atoms with Crippen molar-refractivity contribution in [2.45, 2.75) is 61.1 Å². The van der Waals surface area contributed by atoms with Gasteiger partial charge in [0.05, 0.1) is 22.1 Å². The van der Waals surface area contributed by atoms with E-state index in [1.54, 1.807) is 21.9 Å². The molecule has 0 atom stereocenters. The molecule has 0 fully saturated rings. The molecule has 0 radical (unpaired) electrons. The first-order valence-electron chi connectivity index (χ1n) is 17.3. The molecular formula is C39H44N8O2. The summed E-state index contributed by atoms with van der Waals surface area (Å²) in [6, 6.07) is 23.9.